The van der Waals surface area contributed by atoms with Crippen LogP contribution in [0, 0.1) is 0 Å². The predicted octanol–water partition coefficient (Wildman–Crippen LogP) is 2.27. The summed E-state index contributed by atoms with van der Waals surface area (Å²) in [5, 5.41) is 8.68. The molecule has 0 aliphatic heterocycles. The van der Waals surface area contributed by atoms with Crippen LogP contribution in [-0.4, -0.2) is 32.2 Å². The van der Waals surface area contributed by atoms with Crippen molar-refractivity contribution in [1.82, 2.24) is 0 Å². The first-order valence-electron chi connectivity index (χ1n) is 5.14. The van der Waals surface area contributed by atoms with Crippen molar-refractivity contribution in [1.29, 1.82) is 0 Å². The van der Waals surface area contributed by atoms with Gasteiger partial charge in [0.2, 0.25) is 0 Å². The second-order valence-electron chi connectivity index (χ2n) is 3.52. The van der Waals surface area contributed by atoms with Crippen molar-refractivity contribution in [2.24, 2.45) is 0 Å². The van der Waals surface area contributed by atoms with Crippen LogP contribution in [0.1, 0.15) is 26.7 Å². The number of methoxy groups -OCH3 is 2. The Kier molecular flexibility index (Phi) is 8.28. The summed E-state index contributed by atoms with van der Waals surface area (Å²) in [6.45, 7) is 4.12. The van der Waals surface area contributed by atoms with E-state index in [1.54, 1.807) is 14.2 Å². The largest absolute Gasteiger partial charge is 0.392 e. The summed E-state index contributed by atoms with van der Waals surface area (Å²) in [6.07, 6.45) is 5.59. The normalized spacial score (nSPS) is 13.7. The molecule has 0 saturated heterocycles. The highest BCUT2D eigenvalue weighted by Gasteiger charge is 2.05. The lowest BCUT2D eigenvalue weighted by Crippen LogP contribution is -2.14. The molecule has 0 spiro atoms. The number of hydrogen-bond acceptors (Lipinski definition) is 3. The molecule has 0 heterocycles. The Morgan fingerprint density at radius 2 is 1.80 bits per heavy atom. The van der Waals surface area contributed by atoms with Crippen LogP contribution in [0.4, 0.5) is 0 Å². The Balaban J connectivity index is 4.00. The van der Waals surface area contributed by atoms with Crippen LogP contribution in [-0.2, 0) is 9.47 Å². The third-order valence-corrected chi connectivity index (χ3v) is 2.24. The molecule has 0 radical (unpaired) electrons. The van der Waals surface area contributed by atoms with Gasteiger partial charge in [0.25, 0.3) is 0 Å². The fraction of sp³-hybridized carbons (Fsp3) is 0.667. The van der Waals surface area contributed by atoms with E-state index < -0.39 is 0 Å². The molecule has 1 N–H and O–H groups in total. The maximum Gasteiger partial charge on any atom is 0.178 e. The van der Waals surface area contributed by atoms with Crippen LogP contribution < -0.4 is 0 Å². The maximum absolute atomic E-state index is 8.68. The summed E-state index contributed by atoms with van der Waals surface area (Å²) >= 11 is 0. The first-order valence-corrected chi connectivity index (χ1v) is 5.14. The number of ether oxygens (including phenoxy) is 2. The quantitative estimate of drug-likeness (QED) is 0.522. The van der Waals surface area contributed by atoms with E-state index >= 15 is 0 Å². The number of aliphatic hydroxyl groups is 1. The monoisotopic (exact) mass is 214 g/mol. The standard InChI is InChI=1S/C12H22O3/c1-10(8-9-13)6-5-7-11(2)12(14-3)15-4/h7-8,12-13H,5-6,9H2,1-4H3/b10-8-,11-7+. The van der Waals surface area contributed by atoms with Gasteiger partial charge < -0.3 is 14.6 Å². The highest BCUT2D eigenvalue weighted by Crippen LogP contribution is 2.10. The van der Waals surface area contributed by atoms with Gasteiger partial charge in [-0.1, -0.05) is 17.7 Å². The molecule has 88 valence electrons. The maximum atomic E-state index is 8.68. The van der Waals surface area contributed by atoms with Crippen molar-refractivity contribution >= 4 is 0 Å². The van der Waals surface area contributed by atoms with E-state index in [4.69, 9.17) is 14.6 Å². The van der Waals surface area contributed by atoms with Crippen LogP contribution in [0.15, 0.2) is 23.3 Å². The number of allylic oxidation sites excluding steroid dienone is 2. The van der Waals surface area contributed by atoms with Crippen molar-refractivity contribution in [3.63, 3.8) is 0 Å². The molecule has 0 aromatic rings. The van der Waals surface area contributed by atoms with Crippen LogP contribution in [0.3, 0.4) is 0 Å². The second-order valence-corrected chi connectivity index (χ2v) is 3.52. The first kappa shape index (κ1) is 14.4. The SMILES string of the molecule is COC(OC)/C(C)=C/CC/C(C)=C\CO. The lowest BCUT2D eigenvalue weighted by molar-refractivity contribution is -0.0748. The van der Waals surface area contributed by atoms with Gasteiger partial charge in [-0.2, -0.15) is 0 Å². The smallest absolute Gasteiger partial charge is 0.178 e. The predicted molar refractivity (Wildman–Crippen MR) is 61.6 cm³/mol. The molecule has 3 nitrogen and oxygen atoms in total. The molecule has 0 atom stereocenters. The summed E-state index contributed by atoms with van der Waals surface area (Å²) in [7, 11) is 3.25. The summed E-state index contributed by atoms with van der Waals surface area (Å²) in [5.74, 6) is 0. The summed E-state index contributed by atoms with van der Waals surface area (Å²) < 4.78 is 10.2. The van der Waals surface area contributed by atoms with Crippen LogP contribution in [0.25, 0.3) is 0 Å². The zero-order chi connectivity index (χ0) is 11.7. The summed E-state index contributed by atoms with van der Waals surface area (Å²) in [5.41, 5.74) is 2.28. The van der Waals surface area contributed by atoms with Gasteiger partial charge in [-0.3, -0.25) is 0 Å². The van der Waals surface area contributed by atoms with Gasteiger partial charge in [-0.25, -0.2) is 0 Å². The molecule has 0 rings (SSSR count). The van der Waals surface area contributed by atoms with Gasteiger partial charge in [0.15, 0.2) is 6.29 Å². The average Bonchev–Trinajstić information content (AvgIpc) is 2.20. The van der Waals surface area contributed by atoms with E-state index in [0.29, 0.717) is 0 Å². The lowest BCUT2D eigenvalue weighted by Gasteiger charge is -2.13. The molecule has 0 aliphatic rings. The Morgan fingerprint density at radius 1 is 1.20 bits per heavy atom. The van der Waals surface area contributed by atoms with E-state index in [1.807, 2.05) is 19.9 Å². The molecule has 0 saturated carbocycles. The lowest BCUT2D eigenvalue weighted by atomic mass is 10.1. The van der Waals surface area contributed by atoms with E-state index in [0.717, 1.165) is 18.4 Å². The van der Waals surface area contributed by atoms with E-state index in [9.17, 15) is 0 Å². The fourth-order valence-corrected chi connectivity index (χ4v) is 1.35. The molecule has 0 aromatic heterocycles. The van der Waals surface area contributed by atoms with Gasteiger partial charge in [-0.15, -0.1) is 0 Å². The van der Waals surface area contributed by atoms with Crippen molar-refractivity contribution in [2.45, 2.75) is 33.0 Å². The van der Waals surface area contributed by atoms with Gasteiger partial charge >= 0.3 is 0 Å². The van der Waals surface area contributed by atoms with E-state index in [2.05, 4.69) is 6.08 Å². The topological polar surface area (TPSA) is 38.7 Å². The minimum Gasteiger partial charge on any atom is -0.392 e. The number of rotatable bonds is 7. The number of hydrogen-bond donors (Lipinski definition) is 1. The van der Waals surface area contributed by atoms with Crippen LogP contribution in [0.2, 0.25) is 0 Å². The van der Waals surface area contributed by atoms with Gasteiger partial charge in [0.1, 0.15) is 0 Å². The van der Waals surface area contributed by atoms with Crippen molar-refractivity contribution in [2.75, 3.05) is 20.8 Å². The molecule has 0 amide bonds. The molecule has 0 aromatic carbocycles. The van der Waals surface area contributed by atoms with Crippen LogP contribution in [0.5, 0.6) is 0 Å². The van der Waals surface area contributed by atoms with Crippen LogP contribution >= 0.6 is 0 Å². The van der Waals surface area contributed by atoms with E-state index in [-0.39, 0.29) is 12.9 Å². The zero-order valence-corrected chi connectivity index (χ0v) is 10.1. The third kappa shape index (κ3) is 6.44. The molecule has 0 aliphatic carbocycles. The highest BCUT2D eigenvalue weighted by molar-refractivity contribution is 5.05. The second kappa shape index (κ2) is 8.65. The fourth-order valence-electron chi connectivity index (χ4n) is 1.35. The van der Waals surface area contributed by atoms with Gasteiger partial charge in [0.05, 0.1) is 6.61 Å². The molecule has 3 heteroatoms. The third-order valence-electron chi connectivity index (χ3n) is 2.24. The molecular weight excluding hydrogens is 192 g/mol. The molecular formula is C12H22O3. The van der Waals surface area contributed by atoms with E-state index in [1.165, 1.54) is 5.57 Å². The Hall–Kier alpha value is -0.640. The molecule has 0 unspecified atom stereocenters. The van der Waals surface area contributed by atoms with Crippen molar-refractivity contribution in [3.05, 3.63) is 23.3 Å². The Labute approximate surface area is 92.4 Å². The summed E-state index contributed by atoms with van der Waals surface area (Å²) in [4.78, 5) is 0. The molecule has 0 fully saturated rings. The number of aliphatic hydroxyl groups excluding tert-OH is 1. The van der Waals surface area contributed by atoms with Crippen molar-refractivity contribution in [3.8, 4) is 0 Å². The highest BCUT2D eigenvalue weighted by atomic mass is 16.7. The minimum absolute atomic E-state index is 0.118. The van der Waals surface area contributed by atoms with Gasteiger partial charge in [-0.05, 0) is 32.3 Å². The molecule has 15 heavy (non-hydrogen) atoms. The Morgan fingerprint density at radius 3 is 2.27 bits per heavy atom. The van der Waals surface area contributed by atoms with Crippen molar-refractivity contribution < 1.29 is 14.6 Å². The molecule has 0 bridgehead atoms. The summed E-state index contributed by atoms with van der Waals surface area (Å²) in [6, 6.07) is 0. The Bertz CT molecular complexity index is 215. The first-order chi connectivity index (χ1) is 7.15. The minimum atomic E-state index is -0.243. The zero-order valence-electron chi connectivity index (χ0n) is 10.1. The van der Waals surface area contributed by atoms with Gasteiger partial charge in [0, 0.05) is 14.2 Å². The average molecular weight is 214 g/mol.